The summed E-state index contributed by atoms with van der Waals surface area (Å²) in [4.78, 5) is 12.4. The van der Waals surface area contributed by atoms with Crippen molar-refractivity contribution in [2.45, 2.75) is 18.7 Å². The molecule has 0 aliphatic rings. The van der Waals surface area contributed by atoms with Gasteiger partial charge in [-0.05, 0) is 67.4 Å². The van der Waals surface area contributed by atoms with Crippen LogP contribution in [0.2, 0.25) is 10.0 Å². The lowest BCUT2D eigenvalue weighted by molar-refractivity contribution is 0.102. The highest BCUT2D eigenvalue weighted by Crippen LogP contribution is 2.27. The summed E-state index contributed by atoms with van der Waals surface area (Å²) in [6, 6.07) is 16.1. The first kappa shape index (κ1) is 21.2. The van der Waals surface area contributed by atoms with E-state index in [4.69, 9.17) is 23.2 Å². The minimum Gasteiger partial charge on any atom is -0.322 e. The van der Waals surface area contributed by atoms with Crippen LogP contribution in [0.15, 0.2) is 65.6 Å². The summed E-state index contributed by atoms with van der Waals surface area (Å²) in [6.45, 7) is 3.71. The minimum absolute atomic E-state index is 0.0158. The molecule has 0 saturated heterocycles. The predicted molar refractivity (Wildman–Crippen MR) is 118 cm³/mol. The van der Waals surface area contributed by atoms with Gasteiger partial charge < -0.3 is 5.32 Å². The average molecular weight is 449 g/mol. The van der Waals surface area contributed by atoms with E-state index in [-0.39, 0.29) is 15.5 Å². The Morgan fingerprint density at radius 2 is 1.66 bits per heavy atom. The molecule has 3 aromatic rings. The van der Waals surface area contributed by atoms with Gasteiger partial charge in [-0.25, -0.2) is 8.42 Å². The number of benzene rings is 3. The molecule has 0 aromatic heterocycles. The molecular weight excluding hydrogens is 431 g/mol. The van der Waals surface area contributed by atoms with Crippen LogP contribution < -0.4 is 10.0 Å². The van der Waals surface area contributed by atoms with E-state index >= 15 is 0 Å². The highest BCUT2D eigenvalue weighted by molar-refractivity contribution is 7.92. The van der Waals surface area contributed by atoms with E-state index < -0.39 is 15.9 Å². The molecule has 3 aromatic carbocycles. The van der Waals surface area contributed by atoms with Gasteiger partial charge in [-0.2, -0.15) is 0 Å². The molecule has 0 saturated carbocycles. The van der Waals surface area contributed by atoms with Crippen LogP contribution in [-0.4, -0.2) is 14.3 Å². The first-order chi connectivity index (χ1) is 13.7. The number of anilines is 2. The predicted octanol–water partition coefficient (Wildman–Crippen LogP) is 5.66. The Labute approximate surface area is 179 Å². The fourth-order valence-corrected chi connectivity index (χ4v) is 4.52. The van der Waals surface area contributed by atoms with Gasteiger partial charge in [-0.15, -0.1) is 0 Å². The summed E-state index contributed by atoms with van der Waals surface area (Å²) in [6.07, 6.45) is 0. The zero-order valence-electron chi connectivity index (χ0n) is 15.7. The van der Waals surface area contributed by atoms with Gasteiger partial charge in [0, 0.05) is 16.3 Å². The van der Waals surface area contributed by atoms with Gasteiger partial charge in [0.25, 0.3) is 15.9 Å². The Balaban J connectivity index is 1.91. The van der Waals surface area contributed by atoms with Crippen LogP contribution in [0, 0.1) is 13.8 Å². The van der Waals surface area contributed by atoms with Gasteiger partial charge in [-0.3, -0.25) is 9.52 Å². The zero-order valence-corrected chi connectivity index (χ0v) is 18.0. The van der Waals surface area contributed by atoms with Crippen molar-refractivity contribution < 1.29 is 13.2 Å². The first-order valence-corrected chi connectivity index (χ1v) is 10.9. The molecule has 0 unspecified atom stereocenters. The molecule has 0 aliphatic heterocycles. The van der Waals surface area contributed by atoms with Crippen LogP contribution in [0.4, 0.5) is 11.4 Å². The number of aryl methyl sites for hydroxylation is 1. The third-order valence-corrected chi connectivity index (χ3v) is 6.50. The van der Waals surface area contributed by atoms with Crippen LogP contribution >= 0.6 is 23.2 Å². The van der Waals surface area contributed by atoms with Gasteiger partial charge in [0.15, 0.2) is 0 Å². The van der Waals surface area contributed by atoms with Gasteiger partial charge in [-0.1, -0.05) is 41.4 Å². The molecule has 8 heteroatoms. The SMILES string of the molecule is Cc1cccc(NS(=O)(=O)c2cc(C(=O)Nc3cccc(Cl)c3)ccc2Cl)c1C. The Morgan fingerprint density at radius 3 is 2.38 bits per heavy atom. The molecule has 0 aliphatic carbocycles. The van der Waals surface area contributed by atoms with Crippen LogP contribution in [0.1, 0.15) is 21.5 Å². The quantitative estimate of drug-likeness (QED) is 0.528. The number of amides is 1. The molecule has 0 bridgehead atoms. The number of hydrogen-bond acceptors (Lipinski definition) is 3. The molecule has 150 valence electrons. The smallest absolute Gasteiger partial charge is 0.263 e. The van der Waals surface area contributed by atoms with E-state index in [1.165, 1.54) is 18.2 Å². The monoisotopic (exact) mass is 448 g/mol. The molecule has 0 heterocycles. The van der Waals surface area contributed by atoms with E-state index in [9.17, 15) is 13.2 Å². The average Bonchev–Trinajstić information content (AvgIpc) is 2.65. The highest BCUT2D eigenvalue weighted by atomic mass is 35.5. The lowest BCUT2D eigenvalue weighted by atomic mass is 10.1. The Bertz CT molecular complexity index is 1190. The van der Waals surface area contributed by atoms with E-state index in [0.717, 1.165) is 11.1 Å². The maximum atomic E-state index is 12.9. The lowest BCUT2D eigenvalue weighted by Crippen LogP contribution is -2.17. The Kier molecular flexibility index (Phi) is 6.17. The molecule has 2 N–H and O–H groups in total. The number of carbonyl (C=O) groups excluding carboxylic acids is 1. The van der Waals surface area contributed by atoms with Crippen molar-refractivity contribution in [1.82, 2.24) is 0 Å². The minimum atomic E-state index is -4.00. The summed E-state index contributed by atoms with van der Waals surface area (Å²) < 4.78 is 28.4. The molecule has 29 heavy (non-hydrogen) atoms. The van der Waals surface area contributed by atoms with Gasteiger partial charge in [0.1, 0.15) is 4.90 Å². The fourth-order valence-electron chi connectivity index (χ4n) is 2.68. The third-order valence-electron chi connectivity index (χ3n) is 4.41. The van der Waals surface area contributed by atoms with Crippen LogP contribution in [-0.2, 0) is 10.0 Å². The lowest BCUT2D eigenvalue weighted by Gasteiger charge is -2.14. The van der Waals surface area contributed by atoms with Crippen molar-refractivity contribution in [3.8, 4) is 0 Å². The number of hydrogen-bond donors (Lipinski definition) is 2. The summed E-state index contributed by atoms with van der Waals surface area (Å²) in [5, 5.41) is 3.17. The highest BCUT2D eigenvalue weighted by Gasteiger charge is 2.21. The van der Waals surface area contributed by atoms with Crippen molar-refractivity contribution in [3.63, 3.8) is 0 Å². The van der Waals surface area contributed by atoms with E-state index in [1.54, 1.807) is 36.4 Å². The Morgan fingerprint density at radius 1 is 0.931 bits per heavy atom. The number of nitrogens with one attached hydrogen (secondary N) is 2. The number of sulfonamides is 1. The van der Waals surface area contributed by atoms with Crippen molar-refractivity contribution in [2.24, 2.45) is 0 Å². The van der Waals surface area contributed by atoms with Crippen molar-refractivity contribution in [2.75, 3.05) is 10.0 Å². The summed E-state index contributed by atoms with van der Waals surface area (Å²) in [5.41, 5.74) is 2.86. The molecule has 1 amide bonds. The second kappa shape index (κ2) is 8.45. The normalized spacial score (nSPS) is 11.2. The van der Waals surface area contributed by atoms with Crippen molar-refractivity contribution >= 4 is 50.5 Å². The second-order valence-electron chi connectivity index (χ2n) is 6.46. The summed E-state index contributed by atoms with van der Waals surface area (Å²) in [7, 11) is -4.00. The topological polar surface area (TPSA) is 75.3 Å². The van der Waals surface area contributed by atoms with Crippen molar-refractivity contribution in [1.29, 1.82) is 0 Å². The fraction of sp³-hybridized carbons (Fsp3) is 0.0952. The molecular formula is C21H18Cl2N2O3S. The summed E-state index contributed by atoms with van der Waals surface area (Å²) in [5.74, 6) is -0.480. The molecule has 0 radical (unpaired) electrons. The molecule has 3 rings (SSSR count). The van der Waals surface area contributed by atoms with Gasteiger partial charge >= 0.3 is 0 Å². The first-order valence-electron chi connectivity index (χ1n) is 8.63. The maximum absolute atomic E-state index is 12.9. The number of carbonyl (C=O) groups is 1. The zero-order chi connectivity index (χ0) is 21.2. The largest absolute Gasteiger partial charge is 0.322 e. The van der Waals surface area contributed by atoms with E-state index in [1.807, 2.05) is 19.9 Å². The van der Waals surface area contributed by atoms with Crippen LogP contribution in [0.5, 0.6) is 0 Å². The number of halogens is 2. The molecule has 0 spiro atoms. The van der Waals surface area contributed by atoms with E-state index in [2.05, 4.69) is 10.0 Å². The number of rotatable bonds is 5. The molecule has 0 fully saturated rings. The van der Waals surface area contributed by atoms with Crippen LogP contribution in [0.3, 0.4) is 0 Å². The standard InChI is InChI=1S/C21H18Cl2N2O3S/c1-13-5-3-8-19(14(13)2)25-29(27,28)20-11-15(9-10-18(20)23)21(26)24-17-7-4-6-16(22)12-17/h3-12,25H,1-2H3,(H,24,26). The van der Waals surface area contributed by atoms with Gasteiger partial charge in [0.05, 0.1) is 10.7 Å². The second-order valence-corrected chi connectivity index (χ2v) is 8.96. The van der Waals surface area contributed by atoms with Crippen LogP contribution in [0.25, 0.3) is 0 Å². The van der Waals surface area contributed by atoms with Crippen molar-refractivity contribution in [3.05, 3.63) is 87.4 Å². The Hall–Kier alpha value is -2.54. The third kappa shape index (κ3) is 4.90. The maximum Gasteiger partial charge on any atom is 0.263 e. The molecule has 5 nitrogen and oxygen atoms in total. The summed E-state index contributed by atoms with van der Waals surface area (Å²) >= 11 is 12.1. The van der Waals surface area contributed by atoms with Gasteiger partial charge in [0.2, 0.25) is 0 Å². The molecule has 0 atom stereocenters. The van der Waals surface area contributed by atoms with E-state index in [0.29, 0.717) is 16.4 Å².